The Morgan fingerprint density at radius 1 is 1.10 bits per heavy atom. The molecule has 1 aliphatic rings. The van der Waals surface area contributed by atoms with E-state index < -0.39 is 6.10 Å². The Bertz CT molecular complexity index is 839. The highest BCUT2D eigenvalue weighted by atomic mass is 16.5. The average molecular weight is 395 g/mol. The average Bonchev–Trinajstić information content (AvgIpc) is 3.23. The molecule has 3 rings (SSSR count). The quantitative estimate of drug-likeness (QED) is 0.727. The lowest BCUT2D eigenvalue weighted by molar-refractivity contribution is -0.124. The number of hydrogen-bond donors (Lipinski definition) is 2. The van der Waals surface area contributed by atoms with E-state index >= 15 is 0 Å². The second-order valence-electron chi connectivity index (χ2n) is 8.11. The summed E-state index contributed by atoms with van der Waals surface area (Å²) in [4.78, 5) is 24.9. The van der Waals surface area contributed by atoms with Crippen molar-refractivity contribution in [3.05, 3.63) is 65.2 Å². The largest absolute Gasteiger partial charge is 0.368 e. The van der Waals surface area contributed by atoms with Crippen LogP contribution in [0.3, 0.4) is 0 Å². The highest BCUT2D eigenvalue weighted by Gasteiger charge is 2.23. The van der Waals surface area contributed by atoms with E-state index in [0.29, 0.717) is 23.8 Å². The summed E-state index contributed by atoms with van der Waals surface area (Å²) in [5.74, 6) is 0.290. The maximum Gasteiger partial charge on any atom is 0.253 e. The molecule has 0 spiro atoms. The number of rotatable bonds is 7. The summed E-state index contributed by atoms with van der Waals surface area (Å²) in [6.45, 7) is 7.00. The monoisotopic (exact) mass is 394 g/mol. The molecule has 0 aromatic heterocycles. The second kappa shape index (κ2) is 9.70. The molecule has 2 aromatic carbocycles. The maximum atomic E-state index is 12.7. The van der Waals surface area contributed by atoms with E-state index in [9.17, 15) is 9.59 Å². The highest BCUT2D eigenvalue weighted by molar-refractivity contribution is 5.98. The fraction of sp³-hybridized carbons (Fsp3) is 0.417. The summed E-state index contributed by atoms with van der Waals surface area (Å²) in [6, 6.07) is 15.3. The van der Waals surface area contributed by atoms with Crippen LogP contribution in [-0.2, 0) is 16.0 Å². The number of amides is 2. The first-order valence-corrected chi connectivity index (χ1v) is 10.3. The first kappa shape index (κ1) is 21.1. The normalized spacial score (nSPS) is 17.2. The van der Waals surface area contributed by atoms with E-state index in [1.165, 1.54) is 5.56 Å². The van der Waals surface area contributed by atoms with Crippen molar-refractivity contribution in [1.29, 1.82) is 0 Å². The molecule has 1 saturated heterocycles. The third-order valence-electron chi connectivity index (χ3n) is 5.09. The number of nitrogens with one attached hydrogen (secondary N) is 2. The van der Waals surface area contributed by atoms with Crippen molar-refractivity contribution >= 4 is 17.5 Å². The van der Waals surface area contributed by atoms with Crippen molar-refractivity contribution in [3.8, 4) is 0 Å². The van der Waals surface area contributed by atoms with Gasteiger partial charge in [-0.25, -0.2) is 0 Å². The fourth-order valence-corrected chi connectivity index (χ4v) is 3.52. The Labute approximate surface area is 172 Å². The minimum absolute atomic E-state index is 0.110. The van der Waals surface area contributed by atoms with E-state index in [1.54, 1.807) is 24.3 Å². The zero-order valence-corrected chi connectivity index (χ0v) is 17.4. The summed E-state index contributed by atoms with van der Waals surface area (Å²) in [6.07, 6.45) is 2.29. The molecule has 1 aliphatic heterocycles. The molecule has 2 atom stereocenters. The number of ether oxygens (including phenoxy) is 1. The number of carbonyl (C=O) groups excluding carboxylic acids is 2. The van der Waals surface area contributed by atoms with Crippen molar-refractivity contribution in [2.45, 2.75) is 52.2 Å². The van der Waals surface area contributed by atoms with Gasteiger partial charge < -0.3 is 15.4 Å². The van der Waals surface area contributed by atoms with Gasteiger partial charge in [0, 0.05) is 17.9 Å². The van der Waals surface area contributed by atoms with E-state index in [4.69, 9.17) is 4.74 Å². The molecule has 5 heteroatoms. The molecule has 1 heterocycles. The number of benzene rings is 2. The van der Waals surface area contributed by atoms with E-state index in [0.717, 1.165) is 24.8 Å². The minimum atomic E-state index is -0.397. The molecule has 5 nitrogen and oxygen atoms in total. The van der Waals surface area contributed by atoms with Crippen LogP contribution in [0.4, 0.5) is 5.69 Å². The van der Waals surface area contributed by atoms with Gasteiger partial charge >= 0.3 is 0 Å². The number of carbonyl (C=O) groups is 2. The molecule has 2 unspecified atom stereocenters. The zero-order valence-electron chi connectivity index (χ0n) is 17.4. The van der Waals surface area contributed by atoms with Gasteiger partial charge in [0.25, 0.3) is 11.8 Å². The zero-order chi connectivity index (χ0) is 20.8. The van der Waals surface area contributed by atoms with Crippen LogP contribution in [-0.4, -0.2) is 24.5 Å². The Balaban J connectivity index is 1.60. The SMILES string of the molecule is CC(C)Cc1ccc(C(C)NC(=O)c2cccc(NC(=O)C3CCCO3)c2)cc1. The minimum Gasteiger partial charge on any atom is -0.368 e. The van der Waals surface area contributed by atoms with Crippen LogP contribution in [0, 0.1) is 5.92 Å². The van der Waals surface area contributed by atoms with Gasteiger partial charge in [-0.2, -0.15) is 0 Å². The topological polar surface area (TPSA) is 67.4 Å². The fourth-order valence-electron chi connectivity index (χ4n) is 3.52. The van der Waals surface area contributed by atoms with Gasteiger partial charge in [0.15, 0.2) is 0 Å². The van der Waals surface area contributed by atoms with E-state index in [2.05, 4.69) is 48.7 Å². The molecule has 2 aromatic rings. The molecule has 2 N–H and O–H groups in total. The van der Waals surface area contributed by atoms with Gasteiger partial charge in [-0.15, -0.1) is 0 Å². The van der Waals surface area contributed by atoms with Crippen molar-refractivity contribution < 1.29 is 14.3 Å². The molecule has 0 aliphatic carbocycles. The van der Waals surface area contributed by atoms with Crippen LogP contribution in [0.15, 0.2) is 48.5 Å². The Kier molecular flexibility index (Phi) is 7.04. The van der Waals surface area contributed by atoms with Crippen LogP contribution in [0.5, 0.6) is 0 Å². The van der Waals surface area contributed by atoms with Crippen LogP contribution >= 0.6 is 0 Å². The van der Waals surface area contributed by atoms with E-state index in [1.807, 2.05) is 6.92 Å². The predicted octanol–water partition coefficient (Wildman–Crippen LogP) is 4.49. The van der Waals surface area contributed by atoms with Gasteiger partial charge in [0.05, 0.1) is 6.04 Å². The Morgan fingerprint density at radius 3 is 2.52 bits per heavy atom. The number of anilines is 1. The number of hydrogen-bond acceptors (Lipinski definition) is 3. The smallest absolute Gasteiger partial charge is 0.253 e. The van der Waals surface area contributed by atoms with Gasteiger partial charge in [0.2, 0.25) is 0 Å². The second-order valence-corrected chi connectivity index (χ2v) is 8.11. The predicted molar refractivity (Wildman–Crippen MR) is 115 cm³/mol. The molecule has 154 valence electrons. The maximum absolute atomic E-state index is 12.7. The molecular weight excluding hydrogens is 364 g/mol. The molecule has 0 saturated carbocycles. The van der Waals surface area contributed by atoms with Crippen LogP contribution in [0.2, 0.25) is 0 Å². The van der Waals surface area contributed by atoms with Crippen molar-refractivity contribution in [2.75, 3.05) is 11.9 Å². The van der Waals surface area contributed by atoms with Gasteiger partial charge in [-0.3, -0.25) is 9.59 Å². The Morgan fingerprint density at radius 2 is 1.86 bits per heavy atom. The van der Waals surface area contributed by atoms with Crippen molar-refractivity contribution in [3.63, 3.8) is 0 Å². The summed E-state index contributed by atoms with van der Waals surface area (Å²) < 4.78 is 5.40. The molecule has 0 radical (unpaired) electrons. The summed E-state index contributed by atoms with van der Waals surface area (Å²) in [7, 11) is 0. The van der Waals surface area contributed by atoms with Gasteiger partial charge in [-0.05, 0) is 61.4 Å². The first-order chi connectivity index (χ1) is 13.9. The van der Waals surface area contributed by atoms with Gasteiger partial charge in [-0.1, -0.05) is 44.2 Å². The van der Waals surface area contributed by atoms with Gasteiger partial charge in [0.1, 0.15) is 6.10 Å². The summed E-state index contributed by atoms with van der Waals surface area (Å²) in [5, 5.41) is 5.87. The van der Waals surface area contributed by atoms with Crippen LogP contribution in [0.1, 0.15) is 61.1 Å². The standard InChI is InChI=1S/C24H30N2O3/c1-16(2)14-18-9-11-19(12-10-18)17(3)25-23(27)20-6-4-7-21(15-20)26-24(28)22-8-5-13-29-22/h4,6-7,9-12,15-17,22H,5,8,13-14H2,1-3H3,(H,25,27)(H,26,28). The Hall–Kier alpha value is -2.66. The van der Waals surface area contributed by atoms with Crippen molar-refractivity contribution in [2.24, 2.45) is 5.92 Å². The molecule has 2 amide bonds. The van der Waals surface area contributed by atoms with Crippen LogP contribution in [0.25, 0.3) is 0 Å². The lowest BCUT2D eigenvalue weighted by Gasteiger charge is -2.16. The lowest BCUT2D eigenvalue weighted by atomic mass is 10.00. The molecular formula is C24H30N2O3. The highest BCUT2D eigenvalue weighted by Crippen LogP contribution is 2.19. The van der Waals surface area contributed by atoms with E-state index in [-0.39, 0.29) is 17.9 Å². The first-order valence-electron chi connectivity index (χ1n) is 10.3. The van der Waals surface area contributed by atoms with Crippen LogP contribution < -0.4 is 10.6 Å². The lowest BCUT2D eigenvalue weighted by Crippen LogP contribution is -2.28. The van der Waals surface area contributed by atoms with Crippen molar-refractivity contribution in [1.82, 2.24) is 5.32 Å². The molecule has 29 heavy (non-hydrogen) atoms. The summed E-state index contributed by atoms with van der Waals surface area (Å²) >= 11 is 0. The molecule has 0 bridgehead atoms. The third-order valence-corrected chi connectivity index (χ3v) is 5.09. The third kappa shape index (κ3) is 5.91. The summed E-state index contributed by atoms with van der Waals surface area (Å²) in [5.41, 5.74) is 3.48. The molecule has 1 fully saturated rings.